The first-order chi connectivity index (χ1) is 15.1. The average molecular weight is 536 g/mol. The third-order valence-corrected chi connectivity index (χ3v) is 8.27. The van der Waals surface area contributed by atoms with Crippen LogP contribution in [0.15, 0.2) is 24.3 Å². The molecule has 3 fully saturated rings. The molecule has 34 heavy (non-hydrogen) atoms. The van der Waals surface area contributed by atoms with Crippen LogP contribution in [0.3, 0.4) is 0 Å². The molecule has 0 spiro atoms. The van der Waals surface area contributed by atoms with Crippen LogP contribution in [0.1, 0.15) is 36.2 Å². The van der Waals surface area contributed by atoms with Crippen LogP contribution in [0.25, 0.3) is 0 Å². The summed E-state index contributed by atoms with van der Waals surface area (Å²) >= 11 is 0. The van der Waals surface area contributed by atoms with Gasteiger partial charge in [0.2, 0.25) is 15.9 Å². The van der Waals surface area contributed by atoms with E-state index in [4.69, 9.17) is 0 Å². The summed E-state index contributed by atoms with van der Waals surface area (Å²) in [4.78, 5) is 33.0. The molecule has 192 valence electrons. The molecule has 4 rings (SSSR count). The van der Waals surface area contributed by atoms with Crippen molar-refractivity contribution in [2.24, 2.45) is 11.8 Å². The van der Waals surface area contributed by atoms with Gasteiger partial charge in [-0.2, -0.15) is 0 Å². The van der Waals surface area contributed by atoms with Crippen molar-refractivity contribution in [3.05, 3.63) is 35.4 Å². The van der Waals surface area contributed by atoms with Crippen LogP contribution in [0, 0.1) is 11.8 Å². The Morgan fingerprint density at radius 3 is 2.32 bits per heavy atom. The summed E-state index contributed by atoms with van der Waals surface area (Å²) in [5.41, 5.74) is 1.70. The van der Waals surface area contributed by atoms with Gasteiger partial charge in [-0.25, -0.2) is 12.7 Å². The second-order valence-electron chi connectivity index (χ2n) is 9.79. The average Bonchev–Trinajstić information content (AvgIpc) is 3.25. The molecule has 3 aliphatic rings. The van der Waals surface area contributed by atoms with Gasteiger partial charge in [0, 0.05) is 44.8 Å². The number of halogens is 2. The number of benzene rings is 1. The monoisotopic (exact) mass is 534 g/mol. The van der Waals surface area contributed by atoms with Crippen molar-refractivity contribution in [2.75, 3.05) is 46.0 Å². The Kier molecular flexibility index (Phi) is 9.43. The molecule has 11 heteroatoms. The first-order valence-electron chi connectivity index (χ1n) is 11.4. The minimum absolute atomic E-state index is 0. The van der Waals surface area contributed by atoms with Gasteiger partial charge in [0.1, 0.15) is 0 Å². The number of carbonyl (C=O) groups excluding carboxylic acids is 2. The number of rotatable bonds is 5. The van der Waals surface area contributed by atoms with Gasteiger partial charge in [0.25, 0.3) is 5.91 Å². The summed E-state index contributed by atoms with van der Waals surface area (Å²) in [5.74, 6) is -1.06. The molecule has 0 N–H and O–H groups in total. The number of hydrogen-bond acceptors (Lipinski definition) is 6. The SMILES string of the molecule is CC(C)[C@H]1C(=O)N(S(C)(=O)=O)[C@H]2CCN(C(=O)c3cccc(CN4CCN(C)CC4)c3)[C@H]12.Cl.Cl. The van der Waals surface area contributed by atoms with E-state index in [0.717, 1.165) is 48.8 Å². The fraction of sp³-hybridized carbons (Fsp3) is 0.652. The van der Waals surface area contributed by atoms with Crippen molar-refractivity contribution < 1.29 is 18.0 Å². The van der Waals surface area contributed by atoms with Gasteiger partial charge in [-0.1, -0.05) is 26.0 Å². The number of hydrogen-bond donors (Lipinski definition) is 0. The lowest BCUT2D eigenvalue weighted by atomic mass is 9.88. The Morgan fingerprint density at radius 2 is 1.74 bits per heavy atom. The molecular formula is C23H36Cl2N4O4S. The van der Waals surface area contributed by atoms with Gasteiger partial charge >= 0.3 is 0 Å². The van der Waals surface area contributed by atoms with Gasteiger partial charge in [0.05, 0.1) is 24.3 Å². The molecule has 1 aromatic rings. The molecule has 0 aromatic heterocycles. The van der Waals surface area contributed by atoms with Gasteiger partial charge in [-0.15, -0.1) is 24.8 Å². The molecule has 3 heterocycles. The Balaban J connectivity index is 0.00000204. The van der Waals surface area contributed by atoms with Crippen LogP contribution in [0.5, 0.6) is 0 Å². The Bertz CT molecular complexity index is 998. The van der Waals surface area contributed by atoms with E-state index >= 15 is 0 Å². The second kappa shape index (κ2) is 11.1. The van der Waals surface area contributed by atoms with E-state index < -0.39 is 28.0 Å². The Hall–Kier alpha value is -1.39. The molecule has 0 radical (unpaired) electrons. The fourth-order valence-corrected chi connectivity index (χ4v) is 6.67. The molecule has 8 nitrogen and oxygen atoms in total. The Morgan fingerprint density at radius 1 is 1.09 bits per heavy atom. The first kappa shape index (κ1) is 28.8. The smallest absolute Gasteiger partial charge is 0.254 e. The number of sulfonamides is 1. The zero-order valence-electron chi connectivity index (χ0n) is 20.2. The van der Waals surface area contributed by atoms with Crippen molar-refractivity contribution in [3.63, 3.8) is 0 Å². The number of nitrogens with zero attached hydrogens (tertiary/aromatic N) is 4. The molecule has 0 aliphatic carbocycles. The molecule has 0 bridgehead atoms. The maximum absolute atomic E-state index is 13.5. The van der Waals surface area contributed by atoms with Crippen molar-refractivity contribution in [1.82, 2.24) is 19.0 Å². The molecule has 1 aromatic carbocycles. The van der Waals surface area contributed by atoms with Crippen LogP contribution >= 0.6 is 24.8 Å². The number of carbonyl (C=O) groups is 2. The molecule has 0 saturated carbocycles. The molecule has 3 saturated heterocycles. The minimum Gasteiger partial charge on any atom is -0.333 e. The predicted octanol–water partition coefficient (Wildman–Crippen LogP) is 1.93. The highest BCUT2D eigenvalue weighted by molar-refractivity contribution is 7.88. The standard InChI is InChI=1S/C23H34N4O4S.2ClH/c1-16(2)20-21-19(27(23(20)29)32(4,30)31)8-9-26(21)22(28)18-7-5-6-17(14-18)15-25-12-10-24(3)11-13-25;;/h5-7,14,16,19-21H,8-13,15H2,1-4H3;2*1H/t19-,20+,21-;;/m0../s1. The van der Waals surface area contributed by atoms with Crippen LogP contribution in [0.4, 0.5) is 0 Å². The summed E-state index contributed by atoms with van der Waals surface area (Å²) in [5, 5.41) is 0. The zero-order chi connectivity index (χ0) is 23.2. The molecular weight excluding hydrogens is 499 g/mol. The van der Waals surface area contributed by atoms with Crippen LogP contribution in [-0.4, -0.2) is 97.3 Å². The quantitative estimate of drug-likeness (QED) is 0.574. The summed E-state index contributed by atoms with van der Waals surface area (Å²) in [6.45, 7) is 9.18. The number of amides is 2. The van der Waals surface area contributed by atoms with E-state index in [-0.39, 0.29) is 42.5 Å². The Labute approximate surface area is 215 Å². The third-order valence-electron chi connectivity index (χ3n) is 7.10. The van der Waals surface area contributed by atoms with Crippen molar-refractivity contribution in [1.29, 1.82) is 0 Å². The largest absolute Gasteiger partial charge is 0.333 e. The van der Waals surface area contributed by atoms with E-state index in [0.29, 0.717) is 18.5 Å². The topological polar surface area (TPSA) is 81.2 Å². The minimum atomic E-state index is -3.68. The van der Waals surface area contributed by atoms with E-state index in [1.807, 2.05) is 38.1 Å². The van der Waals surface area contributed by atoms with E-state index in [2.05, 4.69) is 16.8 Å². The molecule has 3 aliphatic heterocycles. The third kappa shape index (κ3) is 5.54. The summed E-state index contributed by atoms with van der Waals surface area (Å²) in [6, 6.07) is 6.84. The molecule has 0 unspecified atom stereocenters. The maximum Gasteiger partial charge on any atom is 0.254 e. The van der Waals surface area contributed by atoms with Gasteiger partial charge in [0.15, 0.2) is 0 Å². The number of fused-ring (bicyclic) bond motifs is 1. The molecule has 2 amide bonds. The highest BCUT2D eigenvalue weighted by Crippen LogP contribution is 2.41. The highest BCUT2D eigenvalue weighted by Gasteiger charge is 2.58. The van der Waals surface area contributed by atoms with Crippen molar-refractivity contribution >= 4 is 46.7 Å². The van der Waals surface area contributed by atoms with Crippen molar-refractivity contribution in [2.45, 2.75) is 38.9 Å². The van der Waals surface area contributed by atoms with Crippen LogP contribution in [-0.2, 0) is 21.4 Å². The number of likely N-dealkylation sites (N-methyl/N-ethyl adjacent to an activating group) is 1. The predicted molar refractivity (Wildman–Crippen MR) is 137 cm³/mol. The lowest BCUT2D eigenvalue weighted by Gasteiger charge is -2.32. The summed E-state index contributed by atoms with van der Waals surface area (Å²) < 4.78 is 25.7. The van der Waals surface area contributed by atoms with Crippen LogP contribution in [0.2, 0.25) is 0 Å². The summed E-state index contributed by atoms with van der Waals surface area (Å²) in [7, 11) is -1.55. The molecule has 3 atom stereocenters. The number of piperazine rings is 1. The zero-order valence-corrected chi connectivity index (χ0v) is 22.7. The first-order valence-corrected chi connectivity index (χ1v) is 13.3. The van der Waals surface area contributed by atoms with Crippen LogP contribution < -0.4 is 0 Å². The van der Waals surface area contributed by atoms with Gasteiger partial charge in [-0.3, -0.25) is 14.5 Å². The fourth-order valence-electron chi connectivity index (χ4n) is 5.50. The lowest BCUT2D eigenvalue weighted by Crippen LogP contribution is -2.44. The van der Waals surface area contributed by atoms with E-state index in [9.17, 15) is 18.0 Å². The van der Waals surface area contributed by atoms with Gasteiger partial charge < -0.3 is 9.80 Å². The highest BCUT2D eigenvalue weighted by atomic mass is 35.5. The van der Waals surface area contributed by atoms with E-state index in [1.54, 1.807) is 4.90 Å². The van der Waals surface area contributed by atoms with E-state index in [1.165, 1.54) is 0 Å². The maximum atomic E-state index is 13.5. The van der Waals surface area contributed by atoms with Gasteiger partial charge in [-0.05, 0) is 37.1 Å². The van der Waals surface area contributed by atoms with Crippen molar-refractivity contribution in [3.8, 4) is 0 Å². The lowest BCUT2D eigenvalue weighted by molar-refractivity contribution is -0.129. The number of likely N-dealkylation sites (tertiary alicyclic amines) is 1. The normalized spacial score (nSPS) is 25.8. The summed E-state index contributed by atoms with van der Waals surface area (Å²) in [6.07, 6.45) is 1.57. The second-order valence-corrected chi connectivity index (χ2v) is 11.7.